The molecule has 0 unspecified atom stereocenters. The van der Waals surface area contributed by atoms with Crippen molar-refractivity contribution in [1.82, 2.24) is 19.7 Å². The third-order valence-corrected chi connectivity index (χ3v) is 7.64. The van der Waals surface area contributed by atoms with Gasteiger partial charge >= 0.3 is 6.18 Å². The van der Waals surface area contributed by atoms with E-state index in [2.05, 4.69) is 15.4 Å². The molecule has 0 spiro atoms. The third-order valence-electron chi connectivity index (χ3n) is 7.64. The Morgan fingerprint density at radius 1 is 1.00 bits per heavy atom. The van der Waals surface area contributed by atoms with Gasteiger partial charge in [0.2, 0.25) is 11.9 Å². The van der Waals surface area contributed by atoms with Crippen molar-refractivity contribution in [2.75, 3.05) is 34.8 Å². The SMILES string of the molecule is Cc1ccc(N2CCCn3nc(NC4[C@@H]5CC[C@@H]4CN(c4ccnc(C(F)(F)F)c4)C5)nc32)cc1F. The summed E-state index contributed by atoms with van der Waals surface area (Å²) in [5, 5.41) is 8.22. The molecule has 2 atom stereocenters. The number of nitrogens with one attached hydrogen (secondary N) is 1. The number of aryl methyl sites for hydroxylation is 2. The highest BCUT2D eigenvalue weighted by atomic mass is 19.4. The molecule has 2 bridgehead atoms. The summed E-state index contributed by atoms with van der Waals surface area (Å²) in [6.07, 6.45) is -0.355. The van der Waals surface area contributed by atoms with Crippen molar-refractivity contribution in [3.63, 3.8) is 0 Å². The average Bonchev–Trinajstić information content (AvgIpc) is 3.36. The minimum absolute atomic E-state index is 0.153. The molecule has 6 rings (SSSR count). The standard InChI is InChI=1S/C25H27F4N7/c1-15-3-6-19(11-20(15)26)35-9-2-10-36-24(35)32-23(33-36)31-22-16-4-5-17(22)14-34(13-16)18-7-8-30-21(12-18)25(27,28)29/h3,6-8,11-12,16-17,22H,2,4-5,9-10,13-14H2,1H3,(H,31,33)/t16-,17-/m1/s1. The molecule has 36 heavy (non-hydrogen) atoms. The number of benzene rings is 1. The molecule has 190 valence electrons. The number of rotatable bonds is 4. The number of anilines is 4. The topological polar surface area (TPSA) is 62.1 Å². The Balaban J connectivity index is 1.19. The van der Waals surface area contributed by atoms with Crippen LogP contribution in [0.5, 0.6) is 0 Å². The summed E-state index contributed by atoms with van der Waals surface area (Å²) < 4.78 is 55.5. The Kier molecular flexibility index (Phi) is 5.53. The summed E-state index contributed by atoms with van der Waals surface area (Å²) in [6, 6.07) is 8.14. The van der Waals surface area contributed by atoms with E-state index in [0.717, 1.165) is 44.1 Å². The summed E-state index contributed by atoms with van der Waals surface area (Å²) in [6.45, 7) is 4.54. The van der Waals surface area contributed by atoms with Crippen LogP contribution in [0.25, 0.3) is 0 Å². The average molecular weight is 502 g/mol. The van der Waals surface area contributed by atoms with Crippen LogP contribution < -0.4 is 15.1 Å². The van der Waals surface area contributed by atoms with Crippen LogP contribution in [0.3, 0.4) is 0 Å². The molecule has 0 radical (unpaired) electrons. The van der Waals surface area contributed by atoms with Crippen molar-refractivity contribution in [3.05, 3.63) is 53.6 Å². The zero-order valence-corrected chi connectivity index (χ0v) is 19.8. The molecule has 1 aromatic carbocycles. The molecule has 2 aromatic heterocycles. The fourth-order valence-corrected chi connectivity index (χ4v) is 5.81. The smallest absolute Gasteiger partial charge is 0.371 e. The molecule has 7 nitrogen and oxygen atoms in total. The maximum atomic E-state index is 14.2. The van der Waals surface area contributed by atoms with Gasteiger partial charge in [-0.25, -0.2) is 9.07 Å². The lowest BCUT2D eigenvalue weighted by molar-refractivity contribution is -0.141. The van der Waals surface area contributed by atoms with Crippen LogP contribution in [0.4, 0.5) is 40.8 Å². The first-order chi connectivity index (χ1) is 17.3. The zero-order valence-electron chi connectivity index (χ0n) is 19.8. The molecular weight excluding hydrogens is 474 g/mol. The number of halogens is 4. The minimum atomic E-state index is -4.46. The van der Waals surface area contributed by atoms with Gasteiger partial charge in [-0.1, -0.05) is 6.07 Å². The van der Waals surface area contributed by atoms with Crippen molar-refractivity contribution in [1.29, 1.82) is 0 Å². The molecule has 2 aliphatic heterocycles. The van der Waals surface area contributed by atoms with Crippen molar-refractivity contribution in [2.45, 2.75) is 44.9 Å². The van der Waals surface area contributed by atoms with Crippen molar-refractivity contribution >= 4 is 23.3 Å². The number of alkyl halides is 3. The molecule has 1 saturated heterocycles. The fourth-order valence-electron chi connectivity index (χ4n) is 5.81. The van der Waals surface area contributed by atoms with Gasteiger partial charge in [0.15, 0.2) is 0 Å². The van der Waals surface area contributed by atoms with Crippen LogP contribution in [-0.2, 0) is 12.7 Å². The molecule has 1 N–H and O–H groups in total. The molecular formula is C25H27F4N7. The number of piperidine rings is 1. The molecule has 0 amide bonds. The largest absolute Gasteiger partial charge is 0.433 e. The van der Waals surface area contributed by atoms with Crippen molar-refractivity contribution < 1.29 is 17.6 Å². The summed E-state index contributed by atoms with van der Waals surface area (Å²) in [4.78, 5) is 12.3. The van der Waals surface area contributed by atoms with Gasteiger partial charge in [0, 0.05) is 49.8 Å². The number of hydrogen-bond acceptors (Lipinski definition) is 6. The molecule has 1 saturated carbocycles. The predicted octanol–water partition coefficient (Wildman–Crippen LogP) is 5.01. The first kappa shape index (κ1) is 23.1. The second-order valence-electron chi connectivity index (χ2n) is 9.97. The zero-order chi connectivity index (χ0) is 25.0. The molecule has 2 fully saturated rings. The Morgan fingerprint density at radius 2 is 1.78 bits per heavy atom. The Bertz CT molecular complexity index is 1260. The van der Waals surface area contributed by atoms with Gasteiger partial charge in [0.05, 0.1) is 0 Å². The number of fused-ring (bicyclic) bond motifs is 3. The van der Waals surface area contributed by atoms with E-state index in [9.17, 15) is 17.6 Å². The van der Waals surface area contributed by atoms with Gasteiger partial charge in [-0.2, -0.15) is 18.2 Å². The van der Waals surface area contributed by atoms with E-state index in [1.54, 1.807) is 19.1 Å². The number of pyridine rings is 1. The first-order valence-electron chi connectivity index (χ1n) is 12.3. The van der Waals surface area contributed by atoms with Gasteiger partial charge in [0.1, 0.15) is 11.5 Å². The molecule has 3 aromatic rings. The third kappa shape index (κ3) is 4.14. The van der Waals surface area contributed by atoms with Crippen molar-refractivity contribution in [2.24, 2.45) is 11.8 Å². The van der Waals surface area contributed by atoms with E-state index < -0.39 is 11.9 Å². The van der Waals surface area contributed by atoms with Crippen LogP contribution in [0.1, 0.15) is 30.5 Å². The quantitative estimate of drug-likeness (QED) is 0.508. The van der Waals surface area contributed by atoms with E-state index in [4.69, 9.17) is 4.98 Å². The second kappa shape index (κ2) is 8.63. The van der Waals surface area contributed by atoms with E-state index >= 15 is 0 Å². The summed E-state index contributed by atoms with van der Waals surface area (Å²) >= 11 is 0. The van der Waals surface area contributed by atoms with Gasteiger partial charge in [-0.3, -0.25) is 4.98 Å². The molecule has 1 aliphatic carbocycles. The van der Waals surface area contributed by atoms with E-state index in [1.165, 1.54) is 12.3 Å². The highest BCUT2D eigenvalue weighted by Gasteiger charge is 2.43. The summed E-state index contributed by atoms with van der Waals surface area (Å²) in [5.41, 5.74) is 1.05. The van der Waals surface area contributed by atoms with Crippen LogP contribution >= 0.6 is 0 Å². The van der Waals surface area contributed by atoms with E-state index in [-0.39, 0.29) is 23.7 Å². The van der Waals surface area contributed by atoms with Crippen LogP contribution in [0, 0.1) is 24.6 Å². The lowest BCUT2D eigenvalue weighted by atomic mass is 9.92. The predicted molar refractivity (Wildman–Crippen MR) is 128 cm³/mol. The normalized spacial score (nSPS) is 23.6. The number of hydrogen-bond donors (Lipinski definition) is 1. The lowest BCUT2D eigenvalue weighted by Gasteiger charge is -2.39. The number of nitrogens with zero attached hydrogens (tertiary/aromatic N) is 6. The number of aromatic nitrogens is 4. The van der Waals surface area contributed by atoms with Crippen LogP contribution in [-0.4, -0.2) is 45.4 Å². The minimum Gasteiger partial charge on any atom is -0.371 e. The maximum Gasteiger partial charge on any atom is 0.433 e. The maximum absolute atomic E-state index is 14.2. The highest BCUT2D eigenvalue weighted by molar-refractivity contribution is 5.60. The van der Waals surface area contributed by atoms with Gasteiger partial charge in [-0.15, -0.1) is 5.10 Å². The monoisotopic (exact) mass is 501 g/mol. The molecule has 11 heteroatoms. The van der Waals surface area contributed by atoms with E-state index in [0.29, 0.717) is 36.2 Å². The van der Waals surface area contributed by atoms with Gasteiger partial charge in [0.25, 0.3) is 0 Å². The van der Waals surface area contributed by atoms with Gasteiger partial charge < -0.3 is 15.1 Å². The van der Waals surface area contributed by atoms with Crippen molar-refractivity contribution in [3.8, 4) is 0 Å². The van der Waals surface area contributed by atoms with E-state index in [1.807, 2.05) is 20.5 Å². The van der Waals surface area contributed by atoms with Crippen LogP contribution in [0.15, 0.2) is 36.5 Å². The second-order valence-corrected chi connectivity index (χ2v) is 9.97. The lowest BCUT2D eigenvalue weighted by Crippen LogP contribution is -2.48. The Hall–Kier alpha value is -3.37. The summed E-state index contributed by atoms with van der Waals surface area (Å²) in [5.74, 6) is 1.53. The van der Waals surface area contributed by atoms with Gasteiger partial charge in [-0.05, 0) is 67.9 Å². The fraction of sp³-hybridized carbons (Fsp3) is 0.480. The Morgan fingerprint density at radius 3 is 2.50 bits per heavy atom. The first-order valence-corrected chi connectivity index (χ1v) is 12.3. The Labute approximate surface area is 206 Å². The summed E-state index contributed by atoms with van der Waals surface area (Å²) in [7, 11) is 0. The molecule has 3 aliphatic rings. The molecule has 4 heterocycles. The highest BCUT2D eigenvalue weighted by Crippen LogP contribution is 2.41. The van der Waals surface area contributed by atoms with Crippen LogP contribution in [0.2, 0.25) is 0 Å².